The zero-order chi connectivity index (χ0) is 9.02. The molecule has 0 bridgehead atoms. The fourth-order valence-electron chi connectivity index (χ4n) is 0.886. The summed E-state index contributed by atoms with van der Waals surface area (Å²) in [5, 5.41) is 5.86. The Kier molecular flexibility index (Phi) is 3.86. The number of hydrogen-bond donors (Lipinski definition) is 0. The molecule has 64 valence electrons. The molecule has 0 aliphatic heterocycles. The monoisotopic (exact) mass is 154 g/mol. The van der Waals surface area contributed by atoms with Gasteiger partial charge in [0.1, 0.15) is 0 Å². The Morgan fingerprint density at radius 1 is 1.27 bits per heavy atom. The number of hydrogen-bond acceptors (Lipinski definition) is 2. The fraction of sp³-hybridized carbons (Fsp3) is 0.667. The summed E-state index contributed by atoms with van der Waals surface area (Å²) >= 11 is 0. The molecule has 11 heavy (non-hydrogen) atoms. The molecule has 0 radical (unpaired) electrons. The average Bonchev–Trinajstić information content (AvgIpc) is 1.88. The van der Waals surface area contributed by atoms with Crippen molar-refractivity contribution in [1.82, 2.24) is 5.01 Å². The van der Waals surface area contributed by atoms with Crippen molar-refractivity contribution in [1.29, 1.82) is 0 Å². The van der Waals surface area contributed by atoms with Gasteiger partial charge in [-0.1, -0.05) is 5.57 Å². The smallest absolute Gasteiger partial charge is 0.0465 e. The minimum atomic E-state index is 0.391. The lowest BCUT2D eigenvalue weighted by Crippen LogP contribution is -2.23. The molecule has 0 aliphatic rings. The first kappa shape index (κ1) is 10.2. The third-order valence-electron chi connectivity index (χ3n) is 1.71. The van der Waals surface area contributed by atoms with E-state index >= 15 is 0 Å². The maximum Gasteiger partial charge on any atom is 0.0465 e. The van der Waals surface area contributed by atoms with Gasteiger partial charge in [0.2, 0.25) is 0 Å². The number of rotatable bonds is 3. The van der Waals surface area contributed by atoms with Crippen LogP contribution in [-0.4, -0.2) is 17.8 Å². The van der Waals surface area contributed by atoms with Crippen LogP contribution in [0.4, 0.5) is 0 Å². The van der Waals surface area contributed by atoms with E-state index in [2.05, 4.69) is 46.4 Å². The van der Waals surface area contributed by atoms with Crippen LogP contribution < -0.4 is 0 Å². The Labute approximate surface area is 69.6 Å². The van der Waals surface area contributed by atoms with Gasteiger partial charge in [-0.2, -0.15) is 5.10 Å². The van der Waals surface area contributed by atoms with Crippen LogP contribution in [0.15, 0.2) is 16.4 Å². The van der Waals surface area contributed by atoms with E-state index in [4.69, 9.17) is 0 Å². The van der Waals surface area contributed by atoms with Crippen molar-refractivity contribution in [3.8, 4) is 0 Å². The van der Waals surface area contributed by atoms with Gasteiger partial charge in [-0.3, -0.25) is 5.01 Å². The molecule has 0 aromatic rings. The molecule has 0 N–H and O–H groups in total. The summed E-state index contributed by atoms with van der Waals surface area (Å²) in [6, 6.07) is 0.391. The topological polar surface area (TPSA) is 15.6 Å². The van der Waals surface area contributed by atoms with E-state index < -0.39 is 0 Å². The quantitative estimate of drug-likeness (QED) is 0.450. The Balaban J connectivity index is 4.52. The average molecular weight is 154 g/mol. The van der Waals surface area contributed by atoms with Crippen molar-refractivity contribution >= 4 is 6.72 Å². The van der Waals surface area contributed by atoms with Gasteiger partial charge in [0.15, 0.2) is 0 Å². The maximum atomic E-state index is 3.93. The molecule has 0 rings (SSSR count). The first-order chi connectivity index (χ1) is 5.00. The van der Waals surface area contributed by atoms with E-state index in [1.165, 1.54) is 11.3 Å². The highest BCUT2D eigenvalue weighted by molar-refractivity contribution is 5.24. The molecule has 0 spiro atoms. The fourth-order valence-corrected chi connectivity index (χ4v) is 0.886. The number of nitrogens with zero attached hydrogens (tertiary/aromatic N) is 2. The zero-order valence-corrected chi connectivity index (χ0v) is 8.18. The van der Waals surface area contributed by atoms with Crippen LogP contribution in [0.1, 0.15) is 34.6 Å². The minimum absolute atomic E-state index is 0.391. The zero-order valence-electron chi connectivity index (χ0n) is 8.18. The van der Waals surface area contributed by atoms with E-state index in [1.54, 1.807) is 0 Å². The van der Waals surface area contributed by atoms with E-state index in [0.717, 1.165) is 0 Å². The first-order valence-corrected chi connectivity index (χ1v) is 3.90. The molecular weight excluding hydrogens is 136 g/mol. The van der Waals surface area contributed by atoms with Crippen LogP contribution >= 0.6 is 0 Å². The summed E-state index contributed by atoms with van der Waals surface area (Å²) in [6.07, 6.45) is 0. The molecule has 0 saturated carbocycles. The highest BCUT2D eigenvalue weighted by atomic mass is 15.5. The highest BCUT2D eigenvalue weighted by Crippen LogP contribution is 2.12. The normalized spacial score (nSPS) is 9.64. The van der Waals surface area contributed by atoms with Gasteiger partial charge in [-0.05, 0) is 34.6 Å². The van der Waals surface area contributed by atoms with Crippen molar-refractivity contribution in [2.45, 2.75) is 40.7 Å². The van der Waals surface area contributed by atoms with Crippen LogP contribution in [0, 0.1) is 0 Å². The molecular formula is C9H18N2. The Morgan fingerprint density at radius 2 is 1.73 bits per heavy atom. The molecule has 0 aromatic heterocycles. The summed E-state index contributed by atoms with van der Waals surface area (Å²) in [7, 11) is 0. The van der Waals surface area contributed by atoms with Crippen LogP contribution in [0.25, 0.3) is 0 Å². The highest BCUT2D eigenvalue weighted by Gasteiger charge is 2.07. The predicted molar refractivity (Wildman–Crippen MR) is 50.6 cm³/mol. The molecule has 2 heteroatoms. The molecule has 0 aliphatic carbocycles. The van der Waals surface area contributed by atoms with Crippen LogP contribution in [0.3, 0.4) is 0 Å². The summed E-state index contributed by atoms with van der Waals surface area (Å²) in [5.74, 6) is 0. The first-order valence-electron chi connectivity index (χ1n) is 3.90. The number of allylic oxidation sites excluding steroid dienone is 2. The molecule has 0 amide bonds. The van der Waals surface area contributed by atoms with Gasteiger partial charge in [-0.25, -0.2) is 0 Å². The second kappa shape index (κ2) is 4.16. The Hall–Kier alpha value is -0.790. The molecule has 0 saturated heterocycles. The van der Waals surface area contributed by atoms with Crippen LogP contribution in [0.5, 0.6) is 0 Å². The van der Waals surface area contributed by atoms with Crippen molar-refractivity contribution in [3.63, 3.8) is 0 Å². The van der Waals surface area contributed by atoms with Crippen LogP contribution in [-0.2, 0) is 0 Å². The van der Waals surface area contributed by atoms with Crippen molar-refractivity contribution in [3.05, 3.63) is 11.3 Å². The van der Waals surface area contributed by atoms with E-state index in [1.807, 2.05) is 5.01 Å². The molecule has 0 fully saturated rings. The van der Waals surface area contributed by atoms with E-state index in [0.29, 0.717) is 6.04 Å². The number of hydrazone groups is 1. The lowest BCUT2D eigenvalue weighted by molar-refractivity contribution is 0.298. The largest absolute Gasteiger partial charge is 0.268 e. The maximum absolute atomic E-state index is 3.93. The van der Waals surface area contributed by atoms with Gasteiger partial charge in [0.25, 0.3) is 0 Å². The van der Waals surface area contributed by atoms with Crippen molar-refractivity contribution in [2.24, 2.45) is 5.10 Å². The standard InChI is InChI=1S/C9H18N2/c1-7(2)9(5)11(10-6)8(3)4/h8H,6H2,1-5H3. The van der Waals surface area contributed by atoms with Crippen LogP contribution in [0.2, 0.25) is 0 Å². The minimum Gasteiger partial charge on any atom is -0.268 e. The predicted octanol–water partition coefficient (Wildman–Crippen LogP) is 2.63. The molecule has 0 unspecified atom stereocenters. The van der Waals surface area contributed by atoms with E-state index in [-0.39, 0.29) is 0 Å². The third kappa shape index (κ3) is 2.74. The summed E-state index contributed by atoms with van der Waals surface area (Å²) in [4.78, 5) is 0. The Bertz CT molecular complexity index is 164. The second-order valence-electron chi connectivity index (χ2n) is 3.17. The SMILES string of the molecule is C=NN(C(C)=C(C)C)C(C)C. The summed E-state index contributed by atoms with van der Waals surface area (Å²) in [6.45, 7) is 13.9. The molecule has 0 aromatic carbocycles. The van der Waals surface area contributed by atoms with Gasteiger partial charge in [-0.15, -0.1) is 0 Å². The molecule has 2 nitrogen and oxygen atoms in total. The summed E-state index contributed by atoms with van der Waals surface area (Å²) < 4.78 is 0. The van der Waals surface area contributed by atoms with Gasteiger partial charge in [0.05, 0.1) is 0 Å². The van der Waals surface area contributed by atoms with Crippen molar-refractivity contribution in [2.75, 3.05) is 0 Å². The lowest BCUT2D eigenvalue weighted by Gasteiger charge is -2.24. The van der Waals surface area contributed by atoms with Gasteiger partial charge >= 0.3 is 0 Å². The molecule has 0 atom stereocenters. The van der Waals surface area contributed by atoms with Gasteiger partial charge in [0, 0.05) is 18.5 Å². The van der Waals surface area contributed by atoms with E-state index in [9.17, 15) is 0 Å². The van der Waals surface area contributed by atoms with Gasteiger partial charge < -0.3 is 0 Å². The second-order valence-corrected chi connectivity index (χ2v) is 3.17. The third-order valence-corrected chi connectivity index (χ3v) is 1.71. The molecule has 0 heterocycles. The summed E-state index contributed by atoms with van der Waals surface area (Å²) in [5.41, 5.74) is 2.47. The Morgan fingerprint density at radius 3 is 1.82 bits per heavy atom. The van der Waals surface area contributed by atoms with Crippen molar-refractivity contribution < 1.29 is 0 Å². The lowest BCUT2D eigenvalue weighted by atomic mass is 10.2.